The van der Waals surface area contributed by atoms with Gasteiger partial charge >= 0.3 is 5.69 Å². The first kappa shape index (κ1) is 15.2. The maximum absolute atomic E-state index is 12.3. The molecule has 0 aliphatic heterocycles. The first-order chi connectivity index (χ1) is 11.0. The van der Waals surface area contributed by atoms with Gasteiger partial charge in [-0.2, -0.15) is 0 Å². The van der Waals surface area contributed by atoms with Crippen molar-refractivity contribution in [2.24, 2.45) is 0 Å². The molecule has 3 rings (SSSR count). The molecule has 1 aromatic heterocycles. The molecule has 0 aliphatic rings. The van der Waals surface area contributed by atoms with Crippen molar-refractivity contribution in [3.05, 3.63) is 71.2 Å². The molecule has 3 aromatic rings. The van der Waals surface area contributed by atoms with Gasteiger partial charge in [0.25, 0.3) is 0 Å². The average molecular weight is 307 g/mol. The van der Waals surface area contributed by atoms with Crippen LogP contribution in [0.25, 0.3) is 11.0 Å². The van der Waals surface area contributed by atoms with Crippen molar-refractivity contribution in [2.75, 3.05) is 5.32 Å². The monoisotopic (exact) mass is 307 g/mol. The Labute approximate surface area is 135 Å². The Hall–Kier alpha value is -2.75. The van der Waals surface area contributed by atoms with E-state index in [4.69, 9.17) is 0 Å². The summed E-state index contributed by atoms with van der Waals surface area (Å²) in [5.41, 5.74) is 4.72. The number of aromatic amines is 1. The number of H-pyrrole nitrogens is 1. The minimum absolute atomic E-state index is 0.0781. The Morgan fingerprint density at radius 3 is 2.65 bits per heavy atom. The predicted molar refractivity (Wildman–Crippen MR) is 96.4 cm³/mol. The summed E-state index contributed by atoms with van der Waals surface area (Å²) in [5.74, 6) is 0. The molecule has 2 aromatic carbocycles. The summed E-state index contributed by atoms with van der Waals surface area (Å²) in [7, 11) is 0. The third-order valence-corrected chi connectivity index (χ3v) is 3.86. The summed E-state index contributed by atoms with van der Waals surface area (Å²) in [4.78, 5) is 15.2. The minimum Gasteiger partial charge on any atom is -0.355 e. The van der Waals surface area contributed by atoms with Crippen LogP contribution >= 0.6 is 0 Å². The summed E-state index contributed by atoms with van der Waals surface area (Å²) >= 11 is 0. The molecular weight excluding hydrogens is 286 g/mol. The van der Waals surface area contributed by atoms with Gasteiger partial charge in [0, 0.05) is 17.4 Å². The summed E-state index contributed by atoms with van der Waals surface area (Å²) in [6.07, 6.45) is 0.789. The second kappa shape index (κ2) is 6.16. The fourth-order valence-electron chi connectivity index (χ4n) is 2.93. The van der Waals surface area contributed by atoms with Crippen LogP contribution < -0.4 is 11.0 Å². The normalized spacial score (nSPS) is 12.3. The van der Waals surface area contributed by atoms with E-state index in [1.54, 1.807) is 4.57 Å². The van der Waals surface area contributed by atoms with Crippen LogP contribution in [-0.4, -0.2) is 9.55 Å². The molecule has 0 saturated carbocycles. The molecule has 1 atom stereocenters. The lowest BCUT2D eigenvalue weighted by molar-refractivity contribution is 0.542. The minimum atomic E-state index is -0.0781. The molecule has 0 bridgehead atoms. The van der Waals surface area contributed by atoms with Crippen molar-refractivity contribution in [1.82, 2.24) is 9.55 Å². The van der Waals surface area contributed by atoms with Gasteiger partial charge in [0.15, 0.2) is 0 Å². The summed E-state index contributed by atoms with van der Waals surface area (Å²) in [6, 6.07) is 16.0. The van der Waals surface area contributed by atoms with Crippen LogP contribution in [0.1, 0.15) is 26.3 Å². The highest BCUT2D eigenvalue weighted by Gasteiger charge is 2.13. The zero-order valence-corrected chi connectivity index (χ0v) is 13.5. The first-order valence-corrected chi connectivity index (χ1v) is 7.75. The predicted octanol–water partition coefficient (Wildman–Crippen LogP) is 4.60. The molecule has 1 heterocycles. The van der Waals surface area contributed by atoms with Crippen molar-refractivity contribution in [3.8, 4) is 0 Å². The van der Waals surface area contributed by atoms with Crippen LogP contribution in [0.5, 0.6) is 0 Å². The van der Waals surface area contributed by atoms with E-state index < -0.39 is 0 Å². The number of hydrogen-bond donors (Lipinski definition) is 2. The van der Waals surface area contributed by atoms with E-state index in [0.29, 0.717) is 0 Å². The van der Waals surface area contributed by atoms with E-state index in [9.17, 15) is 4.79 Å². The lowest BCUT2D eigenvalue weighted by Gasteiger charge is -2.13. The number of nitrogens with zero attached hydrogens (tertiary/aromatic N) is 1. The van der Waals surface area contributed by atoms with Gasteiger partial charge in [0.2, 0.25) is 0 Å². The molecule has 0 fully saturated rings. The fraction of sp³-hybridized carbons (Fsp3) is 0.211. The molecule has 4 heteroatoms. The summed E-state index contributed by atoms with van der Waals surface area (Å²) < 4.78 is 1.80. The number of allylic oxidation sites excluding steroid dienone is 1. The van der Waals surface area contributed by atoms with Crippen molar-refractivity contribution in [3.63, 3.8) is 0 Å². The molecule has 23 heavy (non-hydrogen) atoms. The van der Waals surface area contributed by atoms with Gasteiger partial charge in [-0.3, -0.25) is 4.57 Å². The number of fused-ring (bicyclic) bond motifs is 1. The van der Waals surface area contributed by atoms with E-state index in [2.05, 4.69) is 16.9 Å². The van der Waals surface area contributed by atoms with E-state index in [1.807, 2.05) is 62.4 Å². The Balaban J connectivity index is 1.96. The van der Waals surface area contributed by atoms with Crippen LogP contribution in [-0.2, 0) is 0 Å². The second-order valence-electron chi connectivity index (χ2n) is 6.03. The number of nitrogens with one attached hydrogen (secondary N) is 2. The zero-order chi connectivity index (χ0) is 16.4. The van der Waals surface area contributed by atoms with E-state index >= 15 is 0 Å². The van der Waals surface area contributed by atoms with E-state index in [-0.39, 0.29) is 11.7 Å². The number of hydrogen-bond acceptors (Lipinski definition) is 2. The zero-order valence-electron chi connectivity index (χ0n) is 13.5. The molecule has 0 saturated heterocycles. The second-order valence-corrected chi connectivity index (χ2v) is 6.03. The summed E-state index contributed by atoms with van der Waals surface area (Å²) in [6.45, 7) is 7.97. The highest BCUT2D eigenvalue weighted by atomic mass is 16.1. The van der Waals surface area contributed by atoms with Crippen molar-refractivity contribution in [2.45, 2.75) is 26.3 Å². The third kappa shape index (κ3) is 3.21. The van der Waals surface area contributed by atoms with E-state index in [1.165, 1.54) is 0 Å². The molecule has 0 amide bonds. The van der Waals surface area contributed by atoms with Gasteiger partial charge in [-0.15, -0.1) is 6.58 Å². The number of para-hydroxylation sites is 1. The molecule has 1 unspecified atom stereocenters. The molecule has 0 spiro atoms. The third-order valence-electron chi connectivity index (χ3n) is 3.86. The van der Waals surface area contributed by atoms with Crippen LogP contribution in [0.4, 0.5) is 11.4 Å². The van der Waals surface area contributed by atoms with E-state index in [0.717, 1.165) is 34.4 Å². The number of imidazole rings is 1. The molecule has 118 valence electrons. The first-order valence-electron chi connectivity index (χ1n) is 7.75. The highest BCUT2D eigenvalue weighted by Crippen LogP contribution is 2.24. The Bertz CT molecular complexity index is 890. The van der Waals surface area contributed by atoms with Crippen LogP contribution in [0.15, 0.2) is 65.5 Å². The standard InChI is InChI=1S/C19H21N3O/c1-13(2)11-14(3)22-18-10-9-16(12-17(18)21-19(22)23)20-15-7-5-4-6-8-15/h4-10,12,14,20H,1,11H2,2-3H3,(H,21,23). The summed E-state index contributed by atoms with van der Waals surface area (Å²) in [5, 5.41) is 3.34. The SMILES string of the molecule is C=C(C)CC(C)n1c(=O)[nH]c2cc(Nc3ccccc3)ccc21. The smallest absolute Gasteiger partial charge is 0.326 e. The van der Waals surface area contributed by atoms with Crippen molar-refractivity contribution in [1.29, 1.82) is 0 Å². The largest absolute Gasteiger partial charge is 0.355 e. The number of rotatable bonds is 5. The van der Waals surface area contributed by atoms with Gasteiger partial charge in [0.1, 0.15) is 0 Å². The van der Waals surface area contributed by atoms with Gasteiger partial charge in [-0.25, -0.2) is 4.79 Å². The lowest BCUT2D eigenvalue weighted by atomic mass is 10.1. The topological polar surface area (TPSA) is 49.8 Å². The molecule has 2 N–H and O–H groups in total. The average Bonchev–Trinajstić information content (AvgIpc) is 2.82. The Morgan fingerprint density at radius 1 is 1.22 bits per heavy atom. The number of aromatic nitrogens is 2. The molecular formula is C19H21N3O. The fourth-order valence-corrected chi connectivity index (χ4v) is 2.93. The Kier molecular flexibility index (Phi) is 4.06. The molecule has 0 aliphatic carbocycles. The number of benzene rings is 2. The van der Waals surface area contributed by atoms with Gasteiger partial charge in [-0.1, -0.05) is 23.8 Å². The van der Waals surface area contributed by atoms with Crippen molar-refractivity contribution >= 4 is 22.4 Å². The maximum Gasteiger partial charge on any atom is 0.326 e. The van der Waals surface area contributed by atoms with Crippen LogP contribution in [0.3, 0.4) is 0 Å². The van der Waals surface area contributed by atoms with Crippen LogP contribution in [0.2, 0.25) is 0 Å². The Morgan fingerprint density at radius 2 is 1.96 bits per heavy atom. The molecule has 0 radical (unpaired) electrons. The highest BCUT2D eigenvalue weighted by molar-refractivity contribution is 5.81. The lowest BCUT2D eigenvalue weighted by Crippen LogP contribution is -2.20. The van der Waals surface area contributed by atoms with Crippen molar-refractivity contribution < 1.29 is 0 Å². The molecule has 4 nitrogen and oxygen atoms in total. The van der Waals surface area contributed by atoms with Gasteiger partial charge in [-0.05, 0) is 50.6 Å². The van der Waals surface area contributed by atoms with Gasteiger partial charge < -0.3 is 10.3 Å². The number of anilines is 2. The quantitative estimate of drug-likeness (QED) is 0.677. The maximum atomic E-state index is 12.3. The van der Waals surface area contributed by atoms with Crippen LogP contribution in [0, 0.1) is 0 Å². The van der Waals surface area contributed by atoms with Gasteiger partial charge in [0.05, 0.1) is 11.0 Å².